The van der Waals surface area contributed by atoms with E-state index in [0.717, 1.165) is 63.6 Å². The van der Waals surface area contributed by atoms with Gasteiger partial charge in [-0.15, -0.1) is 0 Å². The molecular weight excluding hydrogens is 404 g/mol. The second kappa shape index (κ2) is 11.5. The number of nitrogens with zero attached hydrogens (tertiary/aromatic N) is 2. The third kappa shape index (κ3) is 6.31. The van der Waals surface area contributed by atoms with Gasteiger partial charge in [-0.05, 0) is 49.6 Å². The molecule has 0 saturated carbocycles. The van der Waals surface area contributed by atoms with Crippen LogP contribution in [0.1, 0.15) is 35.7 Å². The maximum Gasteiger partial charge on any atom is 0.254 e. The zero-order valence-electron chi connectivity index (χ0n) is 18.9. The molecule has 0 spiro atoms. The van der Waals surface area contributed by atoms with Crippen molar-refractivity contribution in [3.8, 4) is 5.75 Å². The van der Waals surface area contributed by atoms with Crippen LogP contribution in [-0.4, -0.2) is 73.9 Å². The summed E-state index contributed by atoms with van der Waals surface area (Å²) >= 11 is 0. The maximum atomic E-state index is 13.5. The standard InChI is InChI=1S/C26H34N2O4/c1-21(18-27-13-16-30-17-14-27)28(19-22-6-3-2-4-7-22)26(29)23-9-11-24(12-10-23)32-20-25-8-5-15-31-25/h2-4,6-7,9-12,21,25H,5,8,13-20H2,1H3. The van der Waals surface area contributed by atoms with Gasteiger partial charge in [0.05, 0.1) is 19.3 Å². The van der Waals surface area contributed by atoms with Crippen LogP contribution in [0.4, 0.5) is 0 Å². The summed E-state index contributed by atoms with van der Waals surface area (Å²) in [6.07, 6.45) is 2.33. The van der Waals surface area contributed by atoms with Gasteiger partial charge >= 0.3 is 0 Å². The first-order valence-corrected chi connectivity index (χ1v) is 11.7. The topological polar surface area (TPSA) is 51.2 Å². The average Bonchev–Trinajstić information content (AvgIpc) is 3.36. The van der Waals surface area contributed by atoms with E-state index < -0.39 is 0 Å². The van der Waals surface area contributed by atoms with Crippen molar-refractivity contribution in [2.24, 2.45) is 0 Å². The molecule has 2 unspecified atom stereocenters. The zero-order valence-corrected chi connectivity index (χ0v) is 18.9. The molecular formula is C26H34N2O4. The molecule has 2 fully saturated rings. The fourth-order valence-corrected chi connectivity index (χ4v) is 4.29. The number of carbonyl (C=O) groups excluding carboxylic acids is 1. The van der Waals surface area contributed by atoms with Gasteiger partial charge in [-0.3, -0.25) is 9.69 Å². The molecule has 6 nitrogen and oxygen atoms in total. The fraction of sp³-hybridized carbons (Fsp3) is 0.500. The molecule has 0 radical (unpaired) electrons. The molecule has 2 heterocycles. The lowest BCUT2D eigenvalue weighted by Gasteiger charge is -2.35. The van der Waals surface area contributed by atoms with Crippen LogP contribution < -0.4 is 4.74 Å². The maximum absolute atomic E-state index is 13.5. The lowest BCUT2D eigenvalue weighted by Crippen LogP contribution is -2.47. The molecule has 1 amide bonds. The van der Waals surface area contributed by atoms with E-state index in [9.17, 15) is 4.79 Å². The highest BCUT2D eigenvalue weighted by Crippen LogP contribution is 2.19. The van der Waals surface area contributed by atoms with Crippen molar-refractivity contribution in [3.63, 3.8) is 0 Å². The van der Waals surface area contributed by atoms with Gasteiger partial charge in [-0.25, -0.2) is 0 Å². The lowest BCUT2D eigenvalue weighted by molar-refractivity contribution is 0.0228. The highest BCUT2D eigenvalue weighted by molar-refractivity contribution is 5.94. The number of hydrogen-bond acceptors (Lipinski definition) is 5. The summed E-state index contributed by atoms with van der Waals surface area (Å²) in [5, 5.41) is 0. The van der Waals surface area contributed by atoms with Gasteiger partial charge in [-0.1, -0.05) is 30.3 Å². The number of rotatable bonds is 9. The number of benzene rings is 2. The van der Waals surface area contributed by atoms with Gasteiger partial charge in [-0.2, -0.15) is 0 Å². The Morgan fingerprint density at radius 2 is 1.84 bits per heavy atom. The second-order valence-corrected chi connectivity index (χ2v) is 8.65. The monoisotopic (exact) mass is 438 g/mol. The number of ether oxygens (including phenoxy) is 3. The van der Waals surface area contributed by atoms with E-state index in [0.29, 0.717) is 18.7 Å². The highest BCUT2D eigenvalue weighted by atomic mass is 16.5. The molecule has 2 atom stereocenters. The van der Waals surface area contributed by atoms with Gasteiger partial charge in [0.25, 0.3) is 5.91 Å². The quantitative estimate of drug-likeness (QED) is 0.599. The van der Waals surface area contributed by atoms with Crippen molar-refractivity contribution < 1.29 is 19.0 Å². The summed E-state index contributed by atoms with van der Waals surface area (Å²) in [5.74, 6) is 0.813. The Kier molecular flexibility index (Phi) is 8.15. The van der Waals surface area contributed by atoms with Gasteiger partial charge in [0, 0.05) is 44.4 Å². The first-order chi connectivity index (χ1) is 15.7. The molecule has 0 bridgehead atoms. The minimum Gasteiger partial charge on any atom is -0.491 e. The molecule has 0 aliphatic carbocycles. The van der Waals surface area contributed by atoms with Crippen LogP contribution in [0, 0.1) is 0 Å². The van der Waals surface area contributed by atoms with Crippen molar-refractivity contribution in [1.82, 2.24) is 9.80 Å². The van der Waals surface area contributed by atoms with E-state index in [1.54, 1.807) is 0 Å². The first-order valence-electron chi connectivity index (χ1n) is 11.7. The lowest BCUT2D eigenvalue weighted by atomic mass is 10.1. The van der Waals surface area contributed by atoms with Crippen LogP contribution >= 0.6 is 0 Å². The molecule has 0 aromatic heterocycles. The van der Waals surface area contributed by atoms with Crippen LogP contribution in [0.2, 0.25) is 0 Å². The van der Waals surface area contributed by atoms with E-state index >= 15 is 0 Å². The Bertz CT molecular complexity index is 831. The third-order valence-electron chi connectivity index (χ3n) is 6.18. The van der Waals surface area contributed by atoms with Crippen LogP contribution in [0.3, 0.4) is 0 Å². The number of hydrogen-bond donors (Lipinski definition) is 0. The van der Waals surface area contributed by atoms with E-state index in [1.165, 1.54) is 0 Å². The Hall–Kier alpha value is -2.41. The number of carbonyl (C=O) groups is 1. The minimum atomic E-state index is 0.0419. The summed E-state index contributed by atoms with van der Waals surface area (Å²) in [4.78, 5) is 17.9. The van der Waals surface area contributed by atoms with Crippen molar-refractivity contribution in [2.75, 3.05) is 46.1 Å². The first kappa shape index (κ1) is 22.8. The minimum absolute atomic E-state index is 0.0419. The van der Waals surface area contributed by atoms with Crippen molar-refractivity contribution in [3.05, 3.63) is 65.7 Å². The summed E-state index contributed by atoms with van der Waals surface area (Å²) in [7, 11) is 0. The molecule has 2 aromatic carbocycles. The molecule has 0 N–H and O–H groups in total. The molecule has 172 valence electrons. The molecule has 2 aliphatic rings. The normalized spacial score (nSPS) is 20.1. The number of morpholine rings is 1. The molecule has 2 aliphatic heterocycles. The van der Waals surface area contributed by atoms with Crippen LogP contribution in [-0.2, 0) is 16.0 Å². The van der Waals surface area contributed by atoms with Crippen LogP contribution in [0.5, 0.6) is 5.75 Å². The Balaban J connectivity index is 1.43. The Labute approximate surface area is 191 Å². The van der Waals surface area contributed by atoms with Crippen molar-refractivity contribution in [2.45, 2.75) is 38.5 Å². The van der Waals surface area contributed by atoms with E-state index in [1.807, 2.05) is 47.4 Å². The van der Waals surface area contributed by atoms with Crippen LogP contribution in [0.25, 0.3) is 0 Å². The summed E-state index contributed by atoms with van der Waals surface area (Å²) in [5.41, 5.74) is 1.81. The third-order valence-corrected chi connectivity index (χ3v) is 6.18. The van der Waals surface area contributed by atoms with E-state index in [4.69, 9.17) is 14.2 Å². The van der Waals surface area contributed by atoms with E-state index in [-0.39, 0.29) is 18.1 Å². The predicted octanol–water partition coefficient (Wildman–Crippen LogP) is 3.61. The number of amides is 1. The van der Waals surface area contributed by atoms with E-state index in [2.05, 4.69) is 24.0 Å². The molecule has 6 heteroatoms. The summed E-state index contributed by atoms with van der Waals surface area (Å²) in [6, 6.07) is 17.8. The van der Waals surface area contributed by atoms with Gasteiger partial charge in [0.15, 0.2) is 0 Å². The van der Waals surface area contributed by atoms with Crippen molar-refractivity contribution in [1.29, 1.82) is 0 Å². The molecule has 4 rings (SSSR count). The fourth-order valence-electron chi connectivity index (χ4n) is 4.29. The van der Waals surface area contributed by atoms with Gasteiger partial charge in [0.1, 0.15) is 12.4 Å². The molecule has 32 heavy (non-hydrogen) atoms. The average molecular weight is 439 g/mol. The van der Waals surface area contributed by atoms with Gasteiger partial charge in [0.2, 0.25) is 0 Å². The van der Waals surface area contributed by atoms with Crippen molar-refractivity contribution >= 4 is 5.91 Å². The Morgan fingerprint density at radius 1 is 1.09 bits per heavy atom. The summed E-state index contributed by atoms with van der Waals surface area (Å²) < 4.78 is 17.0. The smallest absolute Gasteiger partial charge is 0.254 e. The Morgan fingerprint density at radius 3 is 2.53 bits per heavy atom. The van der Waals surface area contributed by atoms with Crippen LogP contribution in [0.15, 0.2) is 54.6 Å². The second-order valence-electron chi connectivity index (χ2n) is 8.65. The molecule has 2 saturated heterocycles. The summed E-state index contributed by atoms with van der Waals surface area (Å²) in [6.45, 7) is 8.27. The SMILES string of the molecule is CC(CN1CCOCC1)N(Cc1ccccc1)C(=O)c1ccc(OCC2CCCO2)cc1. The highest BCUT2D eigenvalue weighted by Gasteiger charge is 2.25. The predicted molar refractivity (Wildman–Crippen MR) is 124 cm³/mol. The zero-order chi connectivity index (χ0) is 22.2. The van der Waals surface area contributed by atoms with Gasteiger partial charge < -0.3 is 19.1 Å². The molecule has 2 aromatic rings. The largest absolute Gasteiger partial charge is 0.491 e.